The number of hydrogen-bond donors (Lipinski definition) is 1. The summed E-state index contributed by atoms with van der Waals surface area (Å²) in [5.74, 6) is 1.68. The van der Waals surface area contributed by atoms with Crippen LogP contribution in [0.15, 0.2) is 24.4 Å². The van der Waals surface area contributed by atoms with E-state index in [2.05, 4.69) is 15.2 Å². The Morgan fingerprint density at radius 3 is 3.06 bits per heavy atom. The van der Waals surface area contributed by atoms with Gasteiger partial charge in [-0.15, -0.1) is 10.2 Å². The topological polar surface area (TPSA) is 63.8 Å². The highest BCUT2D eigenvalue weighted by molar-refractivity contribution is 5.49. The number of aliphatic hydroxyl groups excluding tert-OH is 1. The van der Waals surface area contributed by atoms with Crippen LogP contribution in [-0.4, -0.2) is 31.0 Å². The maximum absolute atomic E-state index is 9.65. The first kappa shape index (κ1) is 9.47. The third kappa shape index (κ3) is 1.49. The molecule has 3 rings (SSSR count). The molecule has 82 valence electrons. The summed E-state index contributed by atoms with van der Waals surface area (Å²) in [4.78, 5) is 4.25. The van der Waals surface area contributed by atoms with E-state index >= 15 is 0 Å². The highest BCUT2D eigenvalue weighted by Crippen LogP contribution is 2.21. The van der Waals surface area contributed by atoms with Gasteiger partial charge in [0.25, 0.3) is 0 Å². The number of aryl methyl sites for hydroxylation is 1. The Morgan fingerprint density at radius 2 is 2.25 bits per heavy atom. The van der Waals surface area contributed by atoms with Crippen molar-refractivity contribution < 1.29 is 5.11 Å². The maximum atomic E-state index is 9.65. The molecule has 0 spiro atoms. The molecule has 0 radical (unpaired) electrons. The summed E-state index contributed by atoms with van der Waals surface area (Å²) in [5.41, 5.74) is 0.801. The number of aliphatic hydroxyl groups is 1. The molecular formula is C11H12N4O. The highest BCUT2D eigenvalue weighted by atomic mass is 16.3. The van der Waals surface area contributed by atoms with Gasteiger partial charge in [0.2, 0.25) is 0 Å². The number of rotatable bonds is 1. The van der Waals surface area contributed by atoms with Crippen LogP contribution in [0.1, 0.15) is 12.2 Å². The van der Waals surface area contributed by atoms with E-state index in [-0.39, 0.29) is 6.10 Å². The summed E-state index contributed by atoms with van der Waals surface area (Å²) in [6.07, 6.45) is 2.98. The molecule has 1 atom stereocenters. The molecule has 0 saturated carbocycles. The first-order valence-corrected chi connectivity index (χ1v) is 5.36. The Labute approximate surface area is 92.8 Å². The molecule has 1 N–H and O–H groups in total. The molecule has 0 amide bonds. The standard InChI is InChI=1S/C11H12N4O/c16-8-4-5-10-13-14-11(15(10)7-8)9-3-1-2-6-12-9/h1-3,6,8,16H,4-5,7H2. The fraction of sp³-hybridized carbons (Fsp3) is 0.364. The Morgan fingerprint density at radius 1 is 1.31 bits per heavy atom. The first-order valence-electron chi connectivity index (χ1n) is 5.36. The van der Waals surface area contributed by atoms with Crippen molar-refractivity contribution in [1.29, 1.82) is 0 Å². The van der Waals surface area contributed by atoms with Crippen LogP contribution in [0.5, 0.6) is 0 Å². The van der Waals surface area contributed by atoms with Crippen LogP contribution in [-0.2, 0) is 13.0 Å². The summed E-state index contributed by atoms with van der Waals surface area (Å²) >= 11 is 0. The second-order valence-electron chi connectivity index (χ2n) is 3.96. The van der Waals surface area contributed by atoms with Crippen LogP contribution in [0, 0.1) is 0 Å². The van der Waals surface area contributed by atoms with E-state index < -0.39 is 0 Å². The van der Waals surface area contributed by atoms with Crippen molar-refractivity contribution in [3.63, 3.8) is 0 Å². The normalized spacial score (nSPS) is 19.4. The molecule has 0 fully saturated rings. The van der Waals surface area contributed by atoms with Crippen molar-refractivity contribution in [1.82, 2.24) is 19.7 Å². The largest absolute Gasteiger partial charge is 0.391 e. The van der Waals surface area contributed by atoms with Crippen LogP contribution in [0.25, 0.3) is 11.5 Å². The molecule has 5 nitrogen and oxygen atoms in total. The molecule has 1 aliphatic heterocycles. The van der Waals surface area contributed by atoms with Crippen molar-refractivity contribution in [3.05, 3.63) is 30.2 Å². The summed E-state index contributed by atoms with van der Waals surface area (Å²) < 4.78 is 1.95. The second-order valence-corrected chi connectivity index (χ2v) is 3.96. The quantitative estimate of drug-likeness (QED) is 0.760. The molecule has 0 aromatic carbocycles. The van der Waals surface area contributed by atoms with E-state index in [9.17, 15) is 5.11 Å². The lowest BCUT2D eigenvalue weighted by Gasteiger charge is -2.19. The lowest BCUT2D eigenvalue weighted by Crippen LogP contribution is -2.24. The second kappa shape index (κ2) is 3.68. The molecule has 16 heavy (non-hydrogen) atoms. The van der Waals surface area contributed by atoms with Crippen molar-refractivity contribution >= 4 is 0 Å². The number of fused-ring (bicyclic) bond motifs is 1. The molecular weight excluding hydrogens is 204 g/mol. The van der Waals surface area contributed by atoms with Gasteiger partial charge in [-0.1, -0.05) is 6.07 Å². The molecule has 2 aromatic rings. The van der Waals surface area contributed by atoms with Crippen molar-refractivity contribution in [3.8, 4) is 11.5 Å². The lowest BCUT2D eigenvalue weighted by molar-refractivity contribution is 0.131. The van der Waals surface area contributed by atoms with Gasteiger partial charge in [-0.2, -0.15) is 0 Å². The van der Waals surface area contributed by atoms with Crippen LogP contribution in [0.2, 0.25) is 0 Å². The van der Waals surface area contributed by atoms with Gasteiger partial charge >= 0.3 is 0 Å². The van der Waals surface area contributed by atoms with Gasteiger partial charge in [0.15, 0.2) is 5.82 Å². The Kier molecular flexibility index (Phi) is 2.18. The van der Waals surface area contributed by atoms with Crippen molar-refractivity contribution in [2.24, 2.45) is 0 Å². The molecule has 3 heterocycles. The third-order valence-electron chi connectivity index (χ3n) is 2.82. The van der Waals surface area contributed by atoms with Gasteiger partial charge in [0, 0.05) is 12.6 Å². The average molecular weight is 216 g/mol. The van der Waals surface area contributed by atoms with Crippen LogP contribution in [0.4, 0.5) is 0 Å². The van der Waals surface area contributed by atoms with Crippen LogP contribution < -0.4 is 0 Å². The zero-order valence-electron chi connectivity index (χ0n) is 8.74. The van der Waals surface area contributed by atoms with E-state index in [0.717, 1.165) is 30.2 Å². The predicted molar refractivity (Wildman–Crippen MR) is 57.6 cm³/mol. The van der Waals surface area contributed by atoms with Gasteiger partial charge in [-0.3, -0.25) is 4.98 Å². The Balaban J connectivity index is 2.07. The molecule has 0 aliphatic carbocycles. The minimum absolute atomic E-state index is 0.300. The molecule has 1 unspecified atom stereocenters. The van der Waals surface area contributed by atoms with E-state index in [1.54, 1.807) is 6.20 Å². The maximum Gasteiger partial charge on any atom is 0.182 e. The molecule has 2 aromatic heterocycles. The molecule has 0 bridgehead atoms. The number of pyridine rings is 1. The summed E-state index contributed by atoms with van der Waals surface area (Å²) in [5, 5.41) is 17.9. The van der Waals surface area contributed by atoms with Crippen LogP contribution >= 0.6 is 0 Å². The van der Waals surface area contributed by atoms with Crippen molar-refractivity contribution in [2.45, 2.75) is 25.5 Å². The van der Waals surface area contributed by atoms with Crippen LogP contribution in [0.3, 0.4) is 0 Å². The van der Waals surface area contributed by atoms with Crippen molar-refractivity contribution in [2.75, 3.05) is 0 Å². The number of aromatic nitrogens is 4. The van der Waals surface area contributed by atoms with Gasteiger partial charge in [0.05, 0.1) is 12.6 Å². The highest BCUT2D eigenvalue weighted by Gasteiger charge is 2.22. The number of hydrogen-bond acceptors (Lipinski definition) is 4. The SMILES string of the molecule is OC1CCc2nnc(-c3ccccn3)n2C1. The van der Waals surface area contributed by atoms with Gasteiger partial charge < -0.3 is 9.67 Å². The van der Waals surface area contributed by atoms with Gasteiger partial charge in [-0.05, 0) is 18.6 Å². The molecule has 0 saturated heterocycles. The Bertz CT molecular complexity index is 494. The smallest absolute Gasteiger partial charge is 0.182 e. The zero-order valence-corrected chi connectivity index (χ0v) is 8.74. The Hall–Kier alpha value is -1.75. The third-order valence-corrected chi connectivity index (χ3v) is 2.82. The van der Waals surface area contributed by atoms with Gasteiger partial charge in [0.1, 0.15) is 11.5 Å². The average Bonchev–Trinajstić information content (AvgIpc) is 2.73. The van der Waals surface area contributed by atoms with Gasteiger partial charge in [-0.25, -0.2) is 0 Å². The lowest BCUT2D eigenvalue weighted by atomic mass is 10.1. The molecule has 1 aliphatic rings. The van der Waals surface area contributed by atoms with E-state index in [0.29, 0.717) is 6.54 Å². The fourth-order valence-corrected chi connectivity index (χ4v) is 1.99. The summed E-state index contributed by atoms with van der Waals surface area (Å²) in [7, 11) is 0. The van der Waals surface area contributed by atoms with E-state index in [4.69, 9.17) is 0 Å². The van der Waals surface area contributed by atoms with E-state index in [1.165, 1.54) is 0 Å². The first-order chi connectivity index (χ1) is 7.84. The molecule has 5 heteroatoms. The predicted octanol–water partition coefficient (Wildman–Crippen LogP) is 0.647. The zero-order chi connectivity index (χ0) is 11.0. The summed E-state index contributed by atoms with van der Waals surface area (Å²) in [6, 6.07) is 5.69. The fourth-order valence-electron chi connectivity index (χ4n) is 1.99. The minimum Gasteiger partial charge on any atom is -0.391 e. The number of nitrogens with zero attached hydrogens (tertiary/aromatic N) is 4. The monoisotopic (exact) mass is 216 g/mol. The van der Waals surface area contributed by atoms with E-state index in [1.807, 2.05) is 22.8 Å². The summed E-state index contributed by atoms with van der Waals surface area (Å²) in [6.45, 7) is 0.564. The minimum atomic E-state index is -0.300.